The highest BCUT2D eigenvalue weighted by Gasteiger charge is 2.33. The second-order valence-corrected chi connectivity index (χ2v) is 9.08. The molecule has 0 atom stereocenters. The first-order valence-electron chi connectivity index (χ1n) is 12.1. The number of likely N-dealkylation sites (tertiary alicyclic amines) is 1. The summed E-state index contributed by atoms with van der Waals surface area (Å²) in [6, 6.07) is 12.6. The number of piperidine rings is 1. The number of ether oxygens (including phenoxy) is 1. The van der Waals surface area contributed by atoms with E-state index in [2.05, 4.69) is 10.4 Å². The quantitative estimate of drug-likeness (QED) is 0.474. The number of methoxy groups -OCH3 is 1. The standard InChI is InChI=1S/C27H29F3N4O3/c1-18-22(4-3-5-23(18)27(28,29)30)25(35)31-21-8-6-19(7-9-21)20-10-13-33(14-11-20)26(36)24-12-15-34(32-24)16-17-37-2/h3-9,12,15,20H,10-11,13-14,16-17H2,1-2H3,(H,31,35). The molecule has 37 heavy (non-hydrogen) atoms. The fourth-order valence-electron chi connectivity index (χ4n) is 4.59. The molecule has 2 aromatic carbocycles. The number of amides is 2. The van der Waals surface area contributed by atoms with Crippen LogP contribution in [0.2, 0.25) is 0 Å². The van der Waals surface area contributed by atoms with Gasteiger partial charge in [-0.25, -0.2) is 0 Å². The Balaban J connectivity index is 1.33. The van der Waals surface area contributed by atoms with Crippen LogP contribution in [0.5, 0.6) is 0 Å². The zero-order valence-corrected chi connectivity index (χ0v) is 20.7. The third-order valence-electron chi connectivity index (χ3n) is 6.69. The number of aromatic nitrogens is 2. The van der Waals surface area contributed by atoms with Crippen LogP contribution in [0.4, 0.5) is 18.9 Å². The Kier molecular flexibility index (Phi) is 7.97. The van der Waals surface area contributed by atoms with Gasteiger partial charge < -0.3 is 15.0 Å². The number of carbonyl (C=O) groups is 2. The minimum atomic E-state index is -4.52. The Morgan fingerprint density at radius 2 is 1.78 bits per heavy atom. The second-order valence-electron chi connectivity index (χ2n) is 9.08. The number of carbonyl (C=O) groups excluding carboxylic acids is 2. The zero-order chi connectivity index (χ0) is 26.6. The van der Waals surface area contributed by atoms with Gasteiger partial charge in [-0.1, -0.05) is 18.2 Å². The maximum absolute atomic E-state index is 13.2. The third-order valence-corrected chi connectivity index (χ3v) is 6.69. The maximum Gasteiger partial charge on any atom is 0.416 e. The summed E-state index contributed by atoms with van der Waals surface area (Å²) >= 11 is 0. The second kappa shape index (κ2) is 11.2. The predicted octanol–water partition coefficient (Wildman–Crippen LogP) is 5.13. The van der Waals surface area contributed by atoms with Gasteiger partial charge in [0.25, 0.3) is 11.8 Å². The van der Waals surface area contributed by atoms with Crippen molar-refractivity contribution < 1.29 is 27.5 Å². The van der Waals surface area contributed by atoms with Gasteiger partial charge in [0.1, 0.15) is 5.69 Å². The van der Waals surface area contributed by atoms with Crippen LogP contribution >= 0.6 is 0 Å². The number of benzene rings is 2. The Morgan fingerprint density at radius 1 is 1.08 bits per heavy atom. The molecule has 2 amide bonds. The molecular weight excluding hydrogens is 485 g/mol. The minimum absolute atomic E-state index is 0.0144. The lowest BCUT2D eigenvalue weighted by Crippen LogP contribution is -2.38. The number of rotatable bonds is 7. The van der Waals surface area contributed by atoms with E-state index in [0.29, 0.717) is 37.6 Å². The Morgan fingerprint density at radius 3 is 2.43 bits per heavy atom. The molecule has 4 rings (SSSR count). The summed E-state index contributed by atoms with van der Waals surface area (Å²) in [4.78, 5) is 27.3. The van der Waals surface area contributed by atoms with E-state index in [-0.39, 0.29) is 23.0 Å². The van der Waals surface area contributed by atoms with Crippen molar-refractivity contribution in [2.75, 3.05) is 32.1 Å². The van der Waals surface area contributed by atoms with E-state index in [9.17, 15) is 22.8 Å². The third kappa shape index (κ3) is 6.19. The number of hydrogen-bond acceptors (Lipinski definition) is 4. The lowest BCUT2D eigenvalue weighted by atomic mass is 9.89. The van der Waals surface area contributed by atoms with Crippen LogP contribution in [0.3, 0.4) is 0 Å². The van der Waals surface area contributed by atoms with Crippen molar-refractivity contribution in [3.05, 3.63) is 82.7 Å². The molecule has 196 valence electrons. The van der Waals surface area contributed by atoms with Gasteiger partial charge in [0, 0.05) is 37.6 Å². The number of anilines is 1. The average Bonchev–Trinajstić information content (AvgIpc) is 3.36. The first-order chi connectivity index (χ1) is 17.7. The highest BCUT2D eigenvalue weighted by atomic mass is 19.4. The van der Waals surface area contributed by atoms with Gasteiger partial charge in [-0.05, 0) is 67.1 Å². The largest absolute Gasteiger partial charge is 0.416 e. The SMILES string of the molecule is COCCn1ccc(C(=O)N2CCC(c3ccc(NC(=O)c4cccc(C(F)(F)F)c4C)cc3)CC2)n1. The summed E-state index contributed by atoms with van der Waals surface area (Å²) in [5, 5.41) is 7.02. The minimum Gasteiger partial charge on any atom is -0.383 e. The van der Waals surface area contributed by atoms with Crippen LogP contribution in [0.25, 0.3) is 0 Å². The number of alkyl halides is 3. The van der Waals surface area contributed by atoms with Crippen molar-refractivity contribution in [1.29, 1.82) is 0 Å². The molecule has 1 N–H and O–H groups in total. The van der Waals surface area contributed by atoms with E-state index in [1.807, 2.05) is 17.0 Å². The molecule has 0 spiro atoms. The lowest BCUT2D eigenvalue weighted by Gasteiger charge is -2.32. The first kappa shape index (κ1) is 26.4. The highest BCUT2D eigenvalue weighted by molar-refractivity contribution is 6.05. The van der Waals surface area contributed by atoms with E-state index in [0.717, 1.165) is 24.5 Å². The lowest BCUT2D eigenvalue weighted by molar-refractivity contribution is -0.138. The summed E-state index contributed by atoms with van der Waals surface area (Å²) in [6.07, 6.45) is -1.15. The molecule has 7 nitrogen and oxygen atoms in total. The van der Waals surface area contributed by atoms with Crippen molar-refractivity contribution >= 4 is 17.5 Å². The molecule has 0 unspecified atom stereocenters. The molecule has 1 fully saturated rings. The van der Waals surface area contributed by atoms with E-state index in [4.69, 9.17) is 4.74 Å². The van der Waals surface area contributed by atoms with Crippen LogP contribution in [0.15, 0.2) is 54.7 Å². The molecule has 1 aliphatic heterocycles. The van der Waals surface area contributed by atoms with Crippen molar-refractivity contribution in [3.63, 3.8) is 0 Å². The molecule has 3 aromatic rings. The molecule has 0 bridgehead atoms. The summed E-state index contributed by atoms with van der Waals surface area (Å²) in [7, 11) is 1.62. The van der Waals surface area contributed by atoms with Gasteiger partial charge in [0.2, 0.25) is 0 Å². The highest BCUT2D eigenvalue weighted by Crippen LogP contribution is 2.33. The predicted molar refractivity (Wildman–Crippen MR) is 133 cm³/mol. The molecule has 10 heteroatoms. The van der Waals surface area contributed by atoms with Crippen LogP contribution < -0.4 is 5.32 Å². The van der Waals surface area contributed by atoms with Crippen LogP contribution in [-0.4, -0.2) is 53.3 Å². The molecule has 1 saturated heterocycles. The monoisotopic (exact) mass is 514 g/mol. The summed E-state index contributed by atoms with van der Waals surface area (Å²) < 4.78 is 46.3. The zero-order valence-electron chi connectivity index (χ0n) is 20.7. The fraction of sp³-hybridized carbons (Fsp3) is 0.370. The van der Waals surface area contributed by atoms with Crippen molar-refractivity contribution in [2.45, 2.75) is 38.4 Å². The Labute approximate surface area is 213 Å². The van der Waals surface area contributed by atoms with Crippen LogP contribution in [0.1, 0.15) is 56.3 Å². The van der Waals surface area contributed by atoms with Gasteiger partial charge in [-0.2, -0.15) is 18.3 Å². The van der Waals surface area contributed by atoms with E-state index >= 15 is 0 Å². The fourth-order valence-corrected chi connectivity index (χ4v) is 4.59. The van der Waals surface area contributed by atoms with Gasteiger partial charge in [-0.15, -0.1) is 0 Å². The van der Waals surface area contributed by atoms with E-state index < -0.39 is 17.6 Å². The van der Waals surface area contributed by atoms with Crippen LogP contribution in [0, 0.1) is 6.92 Å². The first-order valence-corrected chi connectivity index (χ1v) is 12.1. The Hall–Kier alpha value is -3.66. The molecular formula is C27H29F3N4O3. The van der Waals surface area contributed by atoms with Gasteiger partial charge in [-0.3, -0.25) is 14.3 Å². The van der Waals surface area contributed by atoms with Crippen molar-refractivity contribution in [2.24, 2.45) is 0 Å². The summed E-state index contributed by atoms with van der Waals surface area (Å²) in [5.74, 6) is -0.413. The van der Waals surface area contributed by atoms with E-state index in [1.54, 1.807) is 36.2 Å². The average molecular weight is 515 g/mol. The number of halogens is 3. The summed E-state index contributed by atoms with van der Waals surface area (Å²) in [5.41, 5.74) is 1.07. The van der Waals surface area contributed by atoms with Gasteiger partial charge >= 0.3 is 6.18 Å². The smallest absolute Gasteiger partial charge is 0.383 e. The maximum atomic E-state index is 13.2. The molecule has 0 aliphatic carbocycles. The summed E-state index contributed by atoms with van der Waals surface area (Å²) in [6.45, 7) is 3.63. The number of nitrogens with zero attached hydrogens (tertiary/aromatic N) is 3. The Bertz CT molecular complexity index is 1250. The molecule has 0 saturated carbocycles. The van der Waals surface area contributed by atoms with Crippen LogP contribution in [-0.2, 0) is 17.5 Å². The van der Waals surface area contributed by atoms with E-state index in [1.165, 1.54) is 19.1 Å². The number of hydrogen-bond donors (Lipinski definition) is 1. The molecule has 1 aromatic heterocycles. The van der Waals surface area contributed by atoms with Gasteiger partial charge in [0.15, 0.2) is 0 Å². The normalized spacial score (nSPS) is 14.6. The van der Waals surface area contributed by atoms with Crippen molar-refractivity contribution in [1.82, 2.24) is 14.7 Å². The topological polar surface area (TPSA) is 76.5 Å². The van der Waals surface area contributed by atoms with Crippen molar-refractivity contribution in [3.8, 4) is 0 Å². The van der Waals surface area contributed by atoms with Gasteiger partial charge in [0.05, 0.1) is 18.7 Å². The molecule has 0 radical (unpaired) electrons. The number of nitrogens with one attached hydrogen (secondary N) is 1. The molecule has 1 aliphatic rings. The molecule has 2 heterocycles.